The summed E-state index contributed by atoms with van der Waals surface area (Å²) in [5.74, 6) is 0.0513. The summed E-state index contributed by atoms with van der Waals surface area (Å²) in [7, 11) is -4.50. The van der Waals surface area contributed by atoms with Crippen LogP contribution in [0, 0.1) is 0 Å². The fraction of sp³-hybridized carbons (Fsp3) is 0.455. The molecule has 0 atom stereocenters. The number of nitrogens with zero attached hydrogens (tertiary/aromatic N) is 1. The minimum atomic E-state index is -3.42. The molecule has 0 unspecified atom stereocenters. The van der Waals surface area contributed by atoms with Crippen molar-refractivity contribution in [1.29, 1.82) is 0 Å². The molecule has 0 amide bonds. The number of rotatable bonds is 4. The summed E-state index contributed by atoms with van der Waals surface area (Å²) >= 11 is 1.47. The summed E-state index contributed by atoms with van der Waals surface area (Å²) < 4.78 is 25.8. The van der Waals surface area contributed by atoms with Crippen molar-refractivity contribution >= 4 is 39.3 Å². The first-order chi connectivity index (χ1) is 8.49. The maximum atomic E-state index is 12.0. The Bertz CT molecular complexity index is 565. The highest BCUT2D eigenvalue weighted by Crippen LogP contribution is 2.22. The predicted octanol–water partition coefficient (Wildman–Crippen LogP) is 1.02. The normalized spacial score (nSPS) is 15.1. The molecule has 0 spiro atoms. The fourth-order valence-corrected chi connectivity index (χ4v) is 4.47. The Morgan fingerprint density at radius 1 is 1.44 bits per heavy atom. The average Bonchev–Trinajstić information content (AvgIpc) is 2.73. The van der Waals surface area contributed by atoms with Gasteiger partial charge in [0, 0.05) is 15.9 Å². The van der Waals surface area contributed by atoms with Crippen LogP contribution < -0.4 is 4.78 Å². The molecule has 1 aromatic heterocycles. The lowest BCUT2D eigenvalue weighted by molar-refractivity contribution is 0.511. The largest absolute Gasteiger partial charge is 0.474 e. The van der Waals surface area contributed by atoms with Crippen molar-refractivity contribution in [2.45, 2.75) is 26.7 Å². The van der Waals surface area contributed by atoms with E-state index >= 15 is 0 Å². The van der Waals surface area contributed by atoms with E-state index in [4.69, 9.17) is 0 Å². The lowest BCUT2D eigenvalue weighted by atomic mass is 9.77. The standard InChI is InChI=1S/C11H16BNO3S2/c1-3-7-18(15,16)13-6-5-9-8-10(4-2)17-11(9)12(13)14/h5-6,8,14H,3-4,7H2,1-2H3. The molecule has 1 N–H and O–H groups in total. The minimum Gasteiger partial charge on any atom is -0.427 e. The van der Waals surface area contributed by atoms with Crippen LogP contribution in [0.15, 0.2) is 12.3 Å². The van der Waals surface area contributed by atoms with Crippen LogP contribution in [0.5, 0.6) is 0 Å². The molecule has 4 nitrogen and oxygen atoms in total. The third-order valence-corrected chi connectivity index (χ3v) is 6.07. The molecule has 2 heterocycles. The van der Waals surface area contributed by atoms with Gasteiger partial charge in [0.15, 0.2) is 0 Å². The Labute approximate surface area is 112 Å². The minimum absolute atomic E-state index is 0.0513. The van der Waals surface area contributed by atoms with Crippen LogP contribution in [0.25, 0.3) is 6.08 Å². The van der Waals surface area contributed by atoms with Crippen molar-refractivity contribution in [2.24, 2.45) is 0 Å². The molecular formula is C11H16BNO3S2. The number of hydrogen-bond donors (Lipinski definition) is 1. The van der Waals surface area contributed by atoms with E-state index in [0.29, 0.717) is 11.2 Å². The van der Waals surface area contributed by atoms with Crippen LogP contribution in [-0.4, -0.2) is 30.5 Å². The summed E-state index contributed by atoms with van der Waals surface area (Å²) in [5, 5.41) is 10.2. The summed E-state index contributed by atoms with van der Waals surface area (Å²) in [4.78, 5) is 1.15. The summed E-state index contributed by atoms with van der Waals surface area (Å²) in [6.07, 6.45) is 4.64. The van der Waals surface area contributed by atoms with Crippen LogP contribution in [0.3, 0.4) is 0 Å². The van der Waals surface area contributed by atoms with Gasteiger partial charge in [0.1, 0.15) is 0 Å². The van der Waals surface area contributed by atoms with Gasteiger partial charge in [-0.1, -0.05) is 13.8 Å². The maximum absolute atomic E-state index is 12.0. The van der Waals surface area contributed by atoms with Crippen LogP contribution in [0.4, 0.5) is 0 Å². The maximum Gasteiger partial charge on any atom is 0.474 e. The molecule has 1 aliphatic rings. The number of aryl methyl sites for hydroxylation is 1. The van der Waals surface area contributed by atoms with E-state index in [2.05, 4.69) is 0 Å². The van der Waals surface area contributed by atoms with Crippen LogP contribution in [0.1, 0.15) is 30.7 Å². The molecular weight excluding hydrogens is 269 g/mol. The van der Waals surface area contributed by atoms with Gasteiger partial charge in [-0.15, -0.1) is 11.3 Å². The molecule has 0 bridgehead atoms. The molecule has 1 aliphatic heterocycles. The summed E-state index contributed by atoms with van der Waals surface area (Å²) in [6.45, 7) is 3.85. The summed E-state index contributed by atoms with van der Waals surface area (Å²) in [5.41, 5.74) is 0.923. The zero-order valence-electron chi connectivity index (χ0n) is 10.5. The third-order valence-electron chi connectivity index (χ3n) is 2.85. The first kappa shape index (κ1) is 13.6. The van der Waals surface area contributed by atoms with Gasteiger partial charge in [-0.2, -0.15) is 0 Å². The van der Waals surface area contributed by atoms with Crippen LogP contribution in [-0.2, 0) is 16.4 Å². The quantitative estimate of drug-likeness (QED) is 0.840. The SMILES string of the molecule is CCCS(=O)(=O)N1C=Cc2cc(CC)sc2B1O. The molecule has 0 aromatic carbocycles. The van der Waals surface area contributed by atoms with E-state index in [1.807, 2.05) is 19.9 Å². The van der Waals surface area contributed by atoms with Gasteiger partial charge in [0.05, 0.1) is 5.75 Å². The highest BCUT2D eigenvalue weighted by Gasteiger charge is 2.36. The second-order valence-electron chi connectivity index (χ2n) is 4.22. The van der Waals surface area contributed by atoms with Gasteiger partial charge in [-0.3, -0.25) is 4.22 Å². The van der Waals surface area contributed by atoms with Crippen molar-refractivity contribution in [3.05, 3.63) is 22.7 Å². The van der Waals surface area contributed by atoms with Gasteiger partial charge in [-0.05, 0) is 30.5 Å². The number of hydrogen-bond acceptors (Lipinski definition) is 4. The molecule has 7 heteroatoms. The topological polar surface area (TPSA) is 57.6 Å². The molecule has 0 aliphatic carbocycles. The smallest absolute Gasteiger partial charge is 0.427 e. The molecule has 0 saturated carbocycles. The van der Waals surface area contributed by atoms with E-state index in [0.717, 1.165) is 21.1 Å². The second-order valence-corrected chi connectivity index (χ2v) is 7.38. The van der Waals surface area contributed by atoms with Gasteiger partial charge < -0.3 is 5.02 Å². The molecule has 98 valence electrons. The van der Waals surface area contributed by atoms with Crippen LogP contribution in [0.2, 0.25) is 0 Å². The highest BCUT2D eigenvalue weighted by atomic mass is 32.2. The summed E-state index contributed by atoms with van der Waals surface area (Å²) in [6, 6.07) is 2.00. The van der Waals surface area contributed by atoms with Gasteiger partial charge in [-0.25, -0.2) is 8.42 Å². The first-order valence-electron chi connectivity index (χ1n) is 5.99. The molecule has 0 saturated heterocycles. The first-order valence-corrected chi connectivity index (χ1v) is 8.42. The Balaban J connectivity index is 2.35. The van der Waals surface area contributed by atoms with Crippen molar-refractivity contribution in [3.8, 4) is 0 Å². The van der Waals surface area contributed by atoms with Gasteiger partial charge >= 0.3 is 7.05 Å². The lowest BCUT2D eigenvalue weighted by Crippen LogP contribution is -2.50. The van der Waals surface area contributed by atoms with Crippen molar-refractivity contribution < 1.29 is 13.4 Å². The molecule has 2 rings (SSSR count). The van der Waals surface area contributed by atoms with Crippen molar-refractivity contribution in [1.82, 2.24) is 4.22 Å². The molecule has 18 heavy (non-hydrogen) atoms. The van der Waals surface area contributed by atoms with Crippen LogP contribution >= 0.6 is 11.3 Å². The predicted molar refractivity (Wildman–Crippen MR) is 76.3 cm³/mol. The van der Waals surface area contributed by atoms with E-state index < -0.39 is 17.1 Å². The molecule has 1 aromatic rings. The number of sulfonamides is 1. The molecule has 0 radical (unpaired) electrons. The Morgan fingerprint density at radius 3 is 2.78 bits per heavy atom. The van der Waals surface area contributed by atoms with Crippen molar-refractivity contribution in [2.75, 3.05) is 5.75 Å². The fourth-order valence-electron chi connectivity index (χ4n) is 1.94. The molecule has 0 fully saturated rings. The van der Waals surface area contributed by atoms with E-state index in [1.54, 1.807) is 6.08 Å². The van der Waals surface area contributed by atoms with Crippen molar-refractivity contribution in [3.63, 3.8) is 0 Å². The second kappa shape index (κ2) is 5.07. The zero-order valence-corrected chi connectivity index (χ0v) is 12.1. The Hall–Kier alpha value is -0.785. The van der Waals surface area contributed by atoms with Gasteiger partial charge in [0.2, 0.25) is 10.0 Å². The van der Waals surface area contributed by atoms with E-state index in [1.165, 1.54) is 17.5 Å². The number of fused-ring (bicyclic) bond motifs is 1. The lowest BCUT2D eigenvalue weighted by Gasteiger charge is -2.25. The average molecular weight is 285 g/mol. The van der Waals surface area contributed by atoms with E-state index in [-0.39, 0.29) is 5.75 Å². The highest BCUT2D eigenvalue weighted by molar-refractivity contribution is 7.90. The van der Waals surface area contributed by atoms with Gasteiger partial charge in [0.25, 0.3) is 0 Å². The van der Waals surface area contributed by atoms with E-state index in [9.17, 15) is 13.4 Å². The number of thiophene rings is 1. The third kappa shape index (κ3) is 2.34. The Morgan fingerprint density at radius 2 is 2.17 bits per heavy atom. The monoisotopic (exact) mass is 285 g/mol. The Kier molecular flexibility index (Phi) is 3.84. The zero-order chi connectivity index (χ0) is 13.3.